The van der Waals surface area contributed by atoms with Crippen LogP contribution in [0.4, 0.5) is 17.6 Å². The molecule has 1 aliphatic carbocycles. The van der Waals surface area contributed by atoms with E-state index in [4.69, 9.17) is 10.5 Å². The van der Waals surface area contributed by atoms with Crippen LogP contribution in [-0.4, -0.2) is 30.5 Å². The number of carbonyl (C=O) groups excluding carboxylic acids is 1. The molecule has 4 aromatic rings. The summed E-state index contributed by atoms with van der Waals surface area (Å²) in [5.41, 5.74) is 8.25. The first-order valence-corrected chi connectivity index (χ1v) is 11.5. The van der Waals surface area contributed by atoms with Crippen LogP contribution in [0, 0.1) is 6.92 Å². The molecule has 2 heterocycles. The van der Waals surface area contributed by atoms with Gasteiger partial charge < -0.3 is 15.8 Å². The second kappa shape index (κ2) is 9.49. The summed E-state index contributed by atoms with van der Waals surface area (Å²) in [6.07, 6.45) is 2.26. The summed E-state index contributed by atoms with van der Waals surface area (Å²) in [7, 11) is 0. The molecule has 0 unspecified atom stereocenters. The molecule has 3 N–H and O–H groups in total. The lowest BCUT2D eigenvalue weighted by Crippen LogP contribution is -2.25. The molecule has 0 radical (unpaired) electrons. The molecule has 0 bridgehead atoms. The minimum atomic E-state index is -0.442. The van der Waals surface area contributed by atoms with E-state index in [9.17, 15) is 9.59 Å². The normalized spacial score (nSPS) is 13.1. The van der Waals surface area contributed by atoms with Crippen LogP contribution in [0.25, 0.3) is 10.9 Å². The summed E-state index contributed by atoms with van der Waals surface area (Å²) in [5, 5.41) is 3.70. The first-order chi connectivity index (χ1) is 17.0. The highest BCUT2D eigenvalue weighted by atomic mass is 16.5. The third kappa shape index (κ3) is 5.11. The fraction of sp³-hybridized carbons (Fsp3) is 0.280. The molecule has 178 valence electrons. The number of benzene rings is 2. The zero-order valence-corrected chi connectivity index (χ0v) is 19.3. The minimum Gasteiger partial charge on any atom is -0.457 e. The second-order valence-electron chi connectivity index (χ2n) is 8.49. The highest BCUT2D eigenvalue weighted by Gasteiger charge is 2.28. The van der Waals surface area contributed by atoms with Gasteiger partial charge in [0, 0.05) is 18.2 Å². The number of aromatic nitrogens is 5. The maximum absolute atomic E-state index is 13.0. The Morgan fingerprint density at radius 3 is 2.66 bits per heavy atom. The van der Waals surface area contributed by atoms with Crippen LogP contribution in [-0.2, 0) is 22.6 Å². The maximum atomic E-state index is 13.0. The summed E-state index contributed by atoms with van der Waals surface area (Å²) in [4.78, 5) is 42.6. The van der Waals surface area contributed by atoms with Gasteiger partial charge in [-0.15, -0.1) is 0 Å². The number of anilines is 3. The number of ether oxygens (including phenoxy) is 1. The number of carbonyl (C=O) groups is 1. The van der Waals surface area contributed by atoms with Gasteiger partial charge in [-0.1, -0.05) is 30.3 Å². The molecule has 0 amide bonds. The van der Waals surface area contributed by atoms with Crippen LogP contribution in [0.2, 0.25) is 0 Å². The summed E-state index contributed by atoms with van der Waals surface area (Å²) in [6.45, 7) is 1.82. The van der Waals surface area contributed by atoms with Gasteiger partial charge in [-0.05, 0) is 43.5 Å². The number of esters is 1. The quantitative estimate of drug-likeness (QED) is 0.371. The highest BCUT2D eigenvalue weighted by Crippen LogP contribution is 2.35. The zero-order chi connectivity index (χ0) is 24.4. The summed E-state index contributed by atoms with van der Waals surface area (Å²) in [5.74, 6) is 0.688. The van der Waals surface area contributed by atoms with E-state index in [2.05, 4.69) is 25.3 Å². The number of nitrogens with one attached hydrogen (secondary N) is 1. The molecule has 1 aliphatic rings. The summed E-state index contributed by atoms with van der Waals surface area (Å²) in [6, 6.07) is 15.1. The van der Waals surface area contributed by atoms with Gasteiger partial charge in [0.25, 0.3) is 5.56 Å². The van der Waals surface area contributed by atoms with Crippen LogP contribution in [0.3, 0.4) is 0 Å². The third-order valence-electron chi connectivity index (χ3n) is 5.80. The topological polar surface area (TPSA) is 138 Å². The lowest BCUT2D eigenvalue weighted by atomic mass is 10.2. The van der Waals surface area contributed by atoms with Crippen LogP contribution in [0.15, 0.2) is 53.3 Å². The van der Waals surface area contributed by atoms with E-state index in [1.165, 1.54) is 0 Å². The molecule has 0 atom stereocenters. The largest absolute Gasteiger partial charge is 0.457 e. The molecule has 5 rings (SSSR count). The van der Waals surface area contributed by atoms with Crippen molar-refractivity contribution in [2.75, 3.05) is 11.1 Å². The fourth-order valence-electron chi connectivity index (χ4n) is 3.90. The first kappa shape index (κ1) is 22.5. The van der Waals surface area contributed by atoms with Gasteiger partial charge in [-0.3, -0.25) is 14.2 Å². The number of nitrogen functional groups attached to an aromatic ring is 1. The van der Waals surface area contributed by atoms with Crippen molar-refractivity contribution in [1.29, 1.82) is 0 Å². The van der Waals surface area contributed by atoms with Gasteiger partial charge in [0.05, 0.1) is 17.3 Å². The van der Waals surface area contributed by atoms with Crippen molar-refractivity contribution in [2.24, 2.45) is 0 Å². The molecule has 2 aromatic carbocycles. The van der Waals surface area contributed by atoms with Gasteiger partial charge in [0.1, 0.15) is 5.82 Å². The molecular weight excluding hydrogens is 446 g/mol. The van der Waals surface area contributed by atoms with Gasteiger partial charge in [0.2, 0.25) is 11.9 Å². The molecule has 0 spiro atoms. The van der Waals surface area contributed by atoms with E-state index >= 15 is 0 Å². The monoisotopic (exact) mass is 471 g/mol. The number of hydrogen-bond acceptors (Lipinski definition) is 9. The smallest absolute Gasteiger partial charge is 0.306 e. The highest BCUT2D eigenvalue weighted by molar-refractivity contribution is 5.77. The average Bonchev–Trinajstić information content (AvgIpc) is 3.68. The van der Waals surface area contributed by atoms with Gasteiger partial charge in [0.15, 0.2) is 12.4 Å². The summed E-state index contributed by atoms with van der Waals surface area (Å²) >= 11 is 0. The molecule has 2 aromatic heterocycles. The Balaban J connectivity index is 1.25. The van der Waals surface area contributed by atoms with E-state index < -0.39 is 5.97 Å². The van der Waals surface area contributed by atoms with E-state index in [-0.39, 0.29) is 42.3 Å². The molecule has 0 saturated heterocycles. The molecule has 10 nitrogen and oxygen atoms in total. The van der Waals surface area contributed by atoms with Crippen molar-refractivity contribution >= 4 is 34.5 Å². The van der Waals surface area contributed by atoms with Crippen molar-refractivity contribution in [1.82, 2.24) is 24.5 Å². The Bertz CT molecular complexity index is 1460. The molecule has 10 heteroatoms. The second-order valence-corrected chi connectivity index (χ2v) is 8.49. The number of hydrogen-bond donors (Lipinski definition) is 2. The molecule has 0 aliphatic heterocycles. The predicted octanol–water partition coefficient (Wildman–Crippen LogP) is 3.23. The molecule has 35 heavy (non-hydrogen) atoms. The maximum Gasteiger partial charge on any atom is 0.306 e. The van der Waals surface area contributed by atoms with E-state index in [1.54, 1.807) is 10.6 Å². The van der Waals surface area contributed by atoms with Gasteiger partial charge in [-0.25, -0.2) is 4.98 Å². The zero-order valence-electron chi connectivity index (χ0n) is 19.3. The van der Waals surface area contributed by atoms with Crippen LogP contribution in [0.5, 0.6) is 0 Å². The SMILES string of the molecule is Cc1ccccc1Nc1nc(N)nc(COC(=O)CCc2nc3ccccc3c(=O)n2C2CC2)n1. The average molecular weight is 472 g/mol. The number of nitrogens with zero attached hydrogens (tertiary/aromatic N) is 5. The first-order valence-electron chi connectivity index (χ1n) is 11.5. The number of para-hydroxylation sites is 2. The van der Waals surface area contributed by atoms with E-state index in [0.29, 0.717) is 23.1 Å². The minimum absolute atomic E-state index is 0.0240. The van der Waals surface area contributed by atoms with E-state index in [1.807, 2.05) is 49.4 Å². The Hall–Kier alpha value is -4.34. The standard InChI is InChI=1S/C25H25N7O3/c1-15-6-2-4-8-18(15)28-25-30-20(29-24(26)31-25)14-35-22(33)13-12-21-27-19-9-5-3-7-17(19)23(34)32(21)16-10-11-16/h2-9,16H,10-14H2,1H3,(H3,26,28,29,30,31). The lowest BCUT2D eigenvalue weighted by molar-refractivity contribution is -0.145. The number of fused-ring (bicyclic) bond motifs is 1. The van der Waals surface area contributed by atoms with Crippen LogP contribution >= 0.6 is 0 Å². The number of aryl methyl sites for hydroxylation is 2. The number of nitrogens with two attached hydrogens (primary N) is 1. The van der Waals surface area contributed by atoms with E-state index in [0.717, 1.165) is 24.1 Å². The van der Waals surface area contributed by atoms with Gasteiger partial charge >= 0.3 is 5.97 Å². The Morgan fingerprint density at radius 2 is 1.86 bits per heavy atom. The third-order valence-corrected chi connectivity index (χ3v) is 5.80. The Morgan fingerprint density at radius 1 is 1.09 bits per heavy atom. The van der Waals surface area contributed by atoms with Crippen molar-refractivity contribution in [3.63, 3.8) is 0 Å². The van der Waals surface area contributed by atoms with Crippen LogP contribution < -0.4 is 16.6 Å². The van der Waals surface area contributed by atoms with Crippen molar-refractivity contribution in [3.8, 4) is 0 Å². The van der Waals surface area contributed by atoms with Crippen molar-refractivity contribution in [2.45, 2.75) is 45.3 Å². The predicted molar refractivity (Wildman–Crippen MR) is 131 cm³/mol. The summed E-state index contributed by atoms with van der Waals surface area (Å²) < 4.78 is 7.11. The Kier molecular flexibility index (Phi) is 6.09. The number of rotatable bonds is 8. The molecule has 1 saturated carbocycles. The van der Waals surface area contributed by atoms with Crippen LogP contribution in [0.1, 0.15) is 42.5 Å². The lowest BCUT2D eigenvalue weighted by Gasteiger charge is -2.13. The molecular formula is C25H25N7O3. The van der Waals surface area contributed by atoms with Crippen molar-refractivity contribution < 1.29 is 9.53 Å². The van der Waals surface area contributed by atoms with Crippen molar-refractivity contribution in [3.05, 3.63) is 76.1 Å². The fourth-order valence-corrected chi connectivity index (χ4v) is 3.90. The Labute approximate surface area is 201 Å². The molecule has 1 fully saturated rings. The van der Waals surface area contributed by atoms with Gasteiger partial charge in [-0.2, -0.15) is 15.0 Å².